The fourth-order valence-corrected chi connectivity index (χ4v) is 3.67. The fourth-order valence-electron chi connectivity index (χ4n) is 3.67. The molecule has 1 fully saturated rings. The molecule has 3 aromatic rings. The first-order chi connectivity index (χ1) is 13.6. The molecule has 1 aliphatic rings. The monoisotopic (exact) mass is 378 g/mol. The van der Waals surface area contributed by atoms with Crippen LogP contribution in [0.1, 0.15) is 6.92 Å². The first kappa shape index (κ1) is 18.3. The molecule has 1 aliphatic heterocycles. The Morgan fingerprint density at radius 2 is 1.61 bits per heavy atom. The van der Waals surface area contributed by atoms with Crippen LogP contribution in [0.25, 0.3) is 10.8 Å². The minimum atomic E-state index is -0.578. The van der Waals surface area contributed by atoms with E-state index < -0.39 is 6.10 Å². The molecule has 28 heavy (non-hydrogen) atoms. The fraction of sp³-hybridized carbons (Fsp3) is 0.261. The lowest BCUT2D eigenvalue weighted by Crippen LogP contribution is -2.52. The molecule has 0 bridgehead atoms. The molecule has 1 saturated heterocycles. The van der Waals surface area contributed by atoms with Gasteiger partial charge >= 0.3 is 0 Å². The van der Waals surface area contributed by atoms with Crippen molar-refractivity contribution in [1.29, 1.82) is 0 Å². The number of carbonyl (C=O) groups is 1. The second kappa shape index (κ2) is 7.89. The molecule has 4 nitrogen and oxygen atoms in total. The maximum atomic E-state index is 14.0. The topological polar surface area (TPSA) is 32.8 Å². The summed E-state index contributed by atoms with van der Waals surface area (Å²) in [5.74, 6) is 0.444. The molecular formula is C23H23FN2O2. The molecule has 4 rings (SSSR count). The third kappa shape index (κ3) is 3.65. The van der Waals surface area contributed by atoms with E-state index in [1.54, 1.807) is 24.0 Å². The number of piperazine rings is 1. The molecule has 0 aromatic heterocycles. The van der Waals surface area contributed by atoms with E-state index >= 15 is 0 Å². The first-order valence-electron chi connectivity index (χ1n) is 9.56. The van der Waals surface area contributed by atoms with Gasteiger partial charge in [0, 0.05) is 31.6 Å². The molecule has 0 saturated carbocycles. The van der Waals surface area contributed by atoms with Crippen molar-refractivity contribution in [3.8, 4) is 5.75 Å². The lowest BCUT2D eigenvalue weighted by molar-refractivity contribution is -0.138. The van der Waals surface area contributed by atoms with Crippen LogP contribution in [0.5, 0.6) is 5.75 Å². The quantitative estimate of drug-likeness (QED) is 0.685. The summed E-state index contributed by atoms with van der Waals surface area (Å²) in [6, 6.07) is 20.6. The molecule has 3 aromatic carbocycles. The third-order valence-electron chi connectivity index (χ3n) is 5.19. The number of hydrogen-bond donors (Lipinski definition) is 0. The summed E-state index contributed by atoms with van der Waals surface area (Å²) in [7, 11) is 0. The zero-order valence-corrected chi connectivity index (χ0v) is 15.8. The molecule has 0 unspecified atom stereocenters. The summed E-state index contributed by atoms with van der Waals surface area (Å²) >= 11 is 0. The van der Waals surface area contributed by atoms with E-state index in [1.807, 2.05) is 53.4 Å². The number of benzene rings is 3. The van der Waals surface area contributed by atoms with E-state index in [4.69, 9.17) is 4.74 Å². The number of para-hydroxylation sites is 1. The predicted octanol–water partition coefficient (Wildman–Crippen LogP) is 4.10. The van der Waals surface area contributed by atoms with Crippen LogP contribution < -0.4 is 9.64 Å². The molecule has 144 valence electrons. The van der Waals surface area contributed by atoms with Gasteiger partial charge in [-0.1, -0.05) is 48.5 Å². The van der Waals surface area contributed by atoms with Crippen molar-refractivity contribution in [3.05, 3.63) is 72.5 Å². The standard InChI is InChI=1S/C23H23FN2O2/c1-17(28-22-12-6-8-18-7-2-3-9-19(18)22)23(27)26-15-13-25(14-16-26)21-11-5-4-10-20(21)24/h2-12,17H,13-16H2,1H3/t17-/m1/s1. The van der Waals surface area contributed by atoms with Gasteiger partial charge in [0.25, 0.3) is 5.91 Å². The van der Waals surface area contributed by atoms with Gasteiger partial charge < -0.3 is 14.5 Å². The Balaban J connectivity index is 1.40. The molecule has 1 amide bonds. The van der Waals surface area contributed by atoms with E-state index in [2.05, 4.69) is 0 Å². The number of nitrogens with zero attached hydrogens (tertiary/aromatic N) is 2. The van der Waals surface area contributed by atoms with Gasteiger partial charge in [0.15, 0.2) is 6.10 Å². The van der Waals surface area contributed by atoms with E-state index in [-0.39, 0.29) is 11.7 Å². The number of ether oxygens (including phenoxy) is 1. The van der Waals surface area contributed by atoms with Crippen molar-refractivity contribution in [3.63, 3.8) is 0 Å². The van der Waals surface area contributed by atoms with Gasteiger partial charge in [-0.2, -0.15) is 0 Å². The summed E-state index contributed by atoms with van der Waals surface area (Å²) < 4.78 is 20.0. The highest BCUT2D eigenvalue weighted by atomic mass is 19.1. The van der Waals surface area contributed by atoms with E-state index in [9.17, 15) is 9.18 Å². The SMILES string of the molecule is C[C@@H](Oc1cccc2ccccc12)C(=O)N1CCN(c2ccccc2F)CC1. The highest BCUT2D eigenvalue weighted by Gasteiger charge is 2.27. The highest BCUT2D eigenvalue weighted by molar-refractivity contribution is 5.89. The number of halogens is 1. The number of carbonyl (C=O) groups excluding carboxylic acids is 1. The van der Waals surface area contributed by atoms with Crippen molar-refractivity contribution in [2.75, 3.05) is 31.1 Å². The van der Waals surface area contributed by atoms with Crippen molar-refractivity contribution in [2.45, 2.75) is 13.0 Å². The summed E-state index contributed by atoms with van der Waals surface area (Å²) in [5.41, 5.74) is 0.592. The lowest BCUT2D eigenvalue weighted by Gasteiger charge is -2.37. The highest BCUT2D eigenvalue weighted by Crippen LogP contribution is 2.26. The Morgan fingerprint density at radius 3 is 2.39 bits per heavy atom. The lowest BCUT2D eigenvalue weighted by atomic mass is 10.1. The zero-order valence-electron chi connectivity index (χ0n) is 15.8. The Bertz CT molecular complexity index is 978. The number of hydrogen-bond acceptors (Lipinski definition) is 3. The number of rotatable bonds is 4. The second-order valence-electron chi connectivity index (χ2n) is 7.00. The molecule has 0 radical (unpaired) electrons. The molecule has 5 heteroatoms. The number of fused-ring (bicyclic) bond motifs is 1. The van der Waals surface area contributed by atoms with E-state index in [0.717, 1.165) is 10.8 Å². The number of amides is 1. The maximum Gasteiger partial charge on any atom is 0.263 e. The minimum absolute atomic E-state index is 0.0406. The van der Waals surface area contributed by atoms with Crippen molar-refractivity contribution in [2.24, 2.45) is 0 Å². The van der Waals surface area contributed by atoms with Crippen LogP contribution in [0, 0.1) is 5.82 Å². The average Bonchev–Trinajstić information content (AvgIpc) is 2.74. The van der Waals surface area contributed by atoms with Crippen LogP contribution >= 0.6 is 0 Å². The molecular weight excluding hydrogens is 355 g/mol. The average molecular weight is 378 g/mol. The maximum absolute atomic E-state index is 14.0. The first-order valence-corrected chi connectivity index (χ1v) is 9.56. The zero-order chi connectivity index (χ0) is 19.5. The van der Waals surface area contributed by atoms with Gasteiger partial charge in [0.05, 0.1) is 5.69 Å². The molecule has 1 heterocycles. The Hall–Kier alpha value is -3.08. The van der Waals surface area contributed by atoms with Crippen molar-refractivity contribution in [1.82, 2.24) is 4.90 Å². The predicted molar refractivity (Wildman–Crippen MR) is 109 cm³/mol. The van der Waals surface area contributed by atoms with E-state index in [0.29, 0.717) is 37.6 Å². The van der Waals surface area contributed by atoms with Crippen molar-refractivity contribution < 1.29 is 13.9 Å². The van der Waals surface area contributed by atoms with Gasteiger partial charge in [-0.25, -0.2) is 4.39 Å². The van der Waals surface area contributed by atoms with Gasteiger partial charge in [0.1, 0.15) is 11.6 Å². The van der Waals surface area contributed by atoms with Crippen LogP contribution in [0.4, 0.5) is 10.1 Å². The Kier molecular flexibility index (Phi) is 5.15. The van der Waals surface area contributed by atoms with Crippen LogP contribution in [0.15, 0.2) is 66.7 Å². The van der Waals surface area contributed by atoms with Gasteiger partial charge in [-0.15, -0.1) is 0 Å². The molecule has 0 N–H and O–H groups in total. The number of anilines is 1. The van der Waals surface area contributed by atoms with Gasteiger partial charge in [0.2, 0.25) is 0 Å². The van der Waals surface area contributed by atoms with Crippen LogP contribution in [0.2, 0.25) is 0 Å². The third-order valence-corrected chi connectivity index (χ3v) is 5.19. The summed E-state index contributed by atoms with van der Waals surface area (Å²) in [5, 5.41) is 2.08. The van der Waals surface area contributed by atoms with E-state index in [1.165, 1.54) is 6.07 Å². The van der Waals surface area contributed by atoms with Crippen LogP contribution in [-0.2, 0) is 4.79 Å². The Morgan fingerprint density at radius 1 is 0.929 bits per heavy atom. The van der Waals surface area contributed by atoms with Crippen molar-refractivity contribution >= 4 is 22.4 Å². The normalized spacial score (nSPS) is 15.5. The largest absolute Gasteiger partial charge is 0.480 e. The van der Waals surface area contributed by atoms with Crippen LogP contribution in [-0.4, -0.2) is 43.1 Å². The summed E-state index contributed by atoms with van der Waals surface area (Å²) in [6.07, 6.45) is -0.578. The molecule has 0 spiro atoms. The molecule has 0 aliphatic carbocycles. The van der Waals surface area contributed by atoms with Gasteiger partial charge in [-0.05, 0) is 30.5 Å². The second-order valence-corrected chi connectivity index (χ2v) is 7.00. The Labute approximate surface area is 164 Å². The molecule has 1 atom stereocenters. The summed E-state index contributed by atoms with van der Waals surface area (Å²) in [6.45, 7) is 4.10. The van der Waals surface area contributed by atoms with Crippen LogP contribution in [0.3, 0.4) is 0 Å². The smallest absolute Gasteiger partial charge is 0.263 e. The minimum Gasteiger partial charge on any atom is -0.480 e. The summed E-state index contributed by atoms with van der Waals surface area (Å²) in [4.78, 5) is 16.6. The van der Waals surface area contributed by atoms with Gasteiger partial charge in [-0.3, -0.25) is 4.79 Å².